The fourth-order valence-corrected chi connectivity index (χ4v) is 0. The smallest absolute Gasteiger partial charge is 0 e. The predicted molar refractivity (Wildman–Crippen MR) is 24.4 cm³/mol. The van der Waals surface area contributed by atoms with Crippen LogP contribution in [0.2, 0.25) is 0 Å². The Hall–Kier alpha value is 2.83. The molecule has 0 spiro atoms. The Kier molecular flexibility index (Phi) is 176. The molecule has 0 aliphatic heterocycles. The molecular weight excluding hydrogens is 513 g/mol. The Labute approximate surface area is 98.0 Å². The van der Waals surface area contributed by atoms with Crippen molar-refractivity contribution in [1.82, 2.24) is 0 Å². The topological polar surface area (TPSA) is 34.1 Å². The normalized spacial score (nSPS) is 1.33. The van der Waals surface area contributed by atoms with Gasteiger partial charge in [0.15, 0.2) is 0 Å². The third kappa shape index (κ3) is 29.0. The van der Waals surface area contributed by atoms with Crippen LogP contribution in [0.15, 0.2) is 0 Å². The number of hydrogen-bond acceptors (Lipinski definition) is 2. The molecule has 0 saturated carbocycles. The number of hydrogen-bond donors (Lipinski definition) is 0. The van der Waals surface area contributed by atoms with Gasteiger partial charge >= 0.3 is 51.2 Å². The largest absolute Gasteiger partial charge is 0 e. The average Bonchev–Trinajstić information content (AvgIpc) is 1.50. The quantitative estimate of drug-likeness (QED) is 0.361. The van der Waals surface area contributed by atoms with Crippen molar-refractivity contribution in [3.8, 4) is 0 Å². The summed E-state index contributed by atoms with van der Waals surface area (Å²) in [5.41, 5.74) is 0. The summed E-state index contributed by atoms with van der Waals surface area (Å²) >= 11 is 0.600. The van der Waals surface area contributed by atoms with E-state index in [0.29, 0.717) is 45.0 Å². The molecule has 0 saturated heterocycles. The van der Waals surface area contributed by atoms with Crippen molar-refractivity contribution in [3.05, 3.63) is 0 Å². The maximum atomic E-state index is 8.34. The van der Waals surface area contributed by atoms with Crippen molar-refractivity contribution >= 4 is 93.9 Å². The molecule has 0 aromatic rings. The summed E-state index contributed by atoms with van der Waals surface area (Å²) < 4.78 is 16.7. The van der Waals surface area contributed by atoms with Gasteiger partial charge in [0.1, 0.15) is 0 Å². The van der Waals surface area contributed by atoms with E-state index in [1.54, 1.807) is 0 Å². The molecular formula is O2Sb2Sn2. The van der Waals surface area contributed by atoms with Crippen molar-refractivity contribution in [1.29, 1.82) is 0 Å². The Morgan fingerprint density at radius 1 is 0.667 bits per heavy atom. The summed E-state index contributed by atoms with van der Waals surface area (Å²) in [5.74, 6) is 0. The molecule has 0 atom stereocenters. The maximum Gasteiger partial charge on any atom is 0 e. The summed E-state index contributed by atoms with van der Waals surface area (Å²) in [6.45, 7) is 0. The van der Waals surface area contributed by atoms with Gasteiger partial charge in [0.25, 0.3) is 0 Å². The molecule has 30 valence electrons. The van der Waals surface area contributed by atoms with E-state index < -0.39 is 0 Å². The molecule has 10 radical (unpaired) electrons. The van der Waals surface area contributed by atoms with Gasteiger partial charge in [0.2, 0.25) is 0 Å². The molecule has 0 aliphatic rings. The van der Waals surface area contributed by atoms with E-state index in [1.807, 2.05) is 0 Å². The molecule has 0 aromatic heterocycles. The number of rotatable bonds is 0. The summed E-state index contributed by atoms with van der Waals surface area (Å²) in [4.78, 5) is 0. The zero-order valence-electron chi connectivity index (χ0n) is 2.71. The maximum absolute atomic E-state index is 8.34. The van der Waals surface area contributed by atoms with Gasteiger partial charge in [-0.25, -0.2) is 0 Å². The molecule has 0 heterocycles. The fourth-order valence-electron chi connectivity index (χ4n) is 0. The predicted octanol–water partition coefficient (Wildman–Crippen LogP) is -1.76. The molecule has 6 heteroatoms. The first-order chi connectivity index (χ1) is 2.00. The average molecular weight is 513 g/mol. The Bertz CT molecular complexity index is 11.5. The van der Waals surface area contributed by atoms with Crippen LogP contribution in [0.3, 0.4) is 0 Å². The van der Waals surface area contributed by atoms with E-state index in [1.165, 1.54) is 0 Å². The second kappa shape index (κ2) is 45.6. The third-order valence-electron chi connectivity index (χ3n) is 0. The van der Waals surface area contributed by atoms with Crippen molar-refractivity contribution in [2.75, 3.05) is 0 Å². The van der Waals surface area contributed by atoms with Gasteiger partial charge in [0.05, 0.1) is 0 Å². The van der Waals surface area contributed by atoms with Gasteiger partial charge < -0.3 is 0 Å². The van der Waals surface area contributed by atoms with Crippen LogP contribution < -0.4 is 0 Å². The van der Waals surface area contributed by atoms with Gasteiger partial charge in [0, 0.05) is 48.9 Å². The summed E-state index contributed by atoms with van der Waals surface area (Å²) in [7, 11) is 0. The zero-order chi connectivity index (χ0) is 4.00. The second-order valence-corrected chi connectivity index (χ2v) is 0. The van der Waals surface area contributed by atoms with Crippen LogP contribution in [0.25, 0.3) is 0 Å². The first-order valence-electron chi connectivity index (χ1n) is 0.408. The first kappa shape index (κ1) is 23.2. The van der Waals surface area contributed by atoms with E-state index in [-0.39, 0.29) is 48.9 Å². The fraction of sp³-hybridized carbons (Fsp3) is 0. The molecule has 0 rings (SSSR count). The molecule has 0 aliphatic carbocycles. The van der Waals surface area contributed by atoms with Gasteiger partial charge in [-0.15, -0.1) is 0 Å². The van der Waals surface area contributed by atoms with Crippen LogP contribution in [0.1, 0.15) is 0 Å². The Morgan fingerprint density at radius 2 is 0.667 bits per heavy atom. The van der Waals surface area contributed by atoms with Crippen molar-refractivity contribution in [2.45, 2.75) is 0 Å². The monoisotopic (exact) mass is 514 g/mol. The molecule has 0 aromatic carbocycles. The first-order valence-corrected chi connectivity index (χ1v) is 2.74. The van der Waals surface area contributed by atoms with Crippen LogP contribution in [0, 0.1) is 0 Å². The summed E-state index contributed by atoms with van der Waals surface area (Å²) in [5, 5.41) is 0. The van der Waals surface area contributed by atoms with Crippen LogP contribution in [-0.2, 0) is 6.15 Å². The van der Waals surface area contributed by atoms with E-state index in [9.17, 15) is 0 Å². The minimum absolute atomic E-state index is 0. The summed E-state index contributed by atoms with van der Waals surface area (Å²) in [6, 6.07) is 0. The van der Waals surface area contributed by atoms with Crippen LogP contribution in [-0.4, -0.2) is 93.9 Å². The van der Waals surface area contributed by atoms with Crippen LogP contribution >= 0.6 is 0 Å². The molecule has 2 nitrogen and oxygen atoms in total. The minimum atomic E-state index is 0. The van der Waals surface area contributed by atoms with Crippen LogP contribution in [0.5, 0.6) is 0 Å². The van der Waals surface area contributed by atoms with E-state index in [2.05, 4.69) is 0 Å². The Morgan fingerprint density at radius 3 is 0.667 bits per heavy atom. The standard InChI is InChI=1S/2O.2Sb.2Sn. The molecule has 0 fully saturated rings. The van der Waals surface area contributed by atoms with E-state index >= 15 is 0 Å². The molecule has 0 amide bonds. The molecule has 0 bridgehead atoms. The van der Waals surface area contributed by atoms with E-state index in [4.69, 9.17) is 6.15 Å². The third-order valence-corrected chi connectivity index (χ3v) is 0. The molecule has 0 unspecified atom stereocenters. The van der Waals surface area contributed by atoms with E-state index in [0.717, 1.165) is 0 Å². The van der Waals surface area contributed by atoms with Crippen molar-refractivity contribution in [2.24, 2.45) is 0 Å². The minimum Gasteiger partial charge on any atom is 0 e. The van der Waals surface area contributed by atoms with Crippen molar-refractivity contribution < 1.29 is 6.15 Å². The van der Waals surface area contributed by atoms with Gasteiger partial charge in [-0.1, -0.05) is 0 Å². The van der Waals surface area contributed by atoms with Gasteiger partial charge in [-0.2, -0.15) is 0 Å². The van der Waals surface area contributed by atoms with Crippen LogP contribution in [0.4, 0.5) is 0 Å². The Balaban J connectivity index is -0.00000000500. The van der Waals surface area contributed by atoms with Gasteiger partial charge in [-0.3, -0.25) is 0 Å². The van der Waals surface area contributed by atoms with Crippen molar-refractivity contribution in [3.63, 3.8) is 0 Å². The molecule has 6 heavy (non-hydrogen) atoms. The van der Waals surface area contributed by atoms with Gasteiger partial charge in [-0.05, 0) is 0 Å². The summed E-state index contributed by atoms with van der Waals surface area (Å²) in [6.07, 6.45) is 0. The molecule has 0 N–H and O–H groups in total. The second-order valence-electron chi connectivity index (χ2n) is 0. The SMILES string of the molecule is [O]=[Sn].[O]=[Sn].[Sb].[Sb]. The zero-order valence-corrected chi connectivity index (χ0v) is 13.5.